The van der Waals surface area contributed by atoms with Gasteiger partial charge in [0.25, 0.3) is 0 Å². The summed E-state index contributed by atoms with van der Waals surface area (Å²) in [5, 5.41) is 0. The second-order valence-electron chi connectivity index (χ2n) is 2.51. The summed E-state index contributed by atoms with van der Waals surface area (Å²) < 4.78 is 9.21. The monoisotopic (exact) mass is 192 g/mol. The zero-order valence-electron chi connectivity index (χ0n) is 7.97. The van der Waals surface area contributed by atoms with Crippen molar-refractivity contribution in [2.24, 2.45) is 0 Å². The summed E-state index contributed by atoms with van der Waals surface area (Å²) in [7, 11) is 0. The average molecular weight is 192 g/mol. The Balaban J connectivity index is 2.38. The molecule has 14 heavy (non-hydrogen) atoms. The first kappa shape index (κ1) is 10.3. The van der Waals surface area contributed by atoms with Gasteiger partial charge in [-0.25, -0.2) is 4.79 Å². The van der Waals surface area contributed by atoms with Gasteiger partial charge in [0.15, 0.2) is 0 Å². The molecule has 0 spiro atoms. The molecule has 0 atom stereocenters. The third kappa shape index (κ3) is 3.76. The first-order valence-electron chi connectivity index (χ1n) is 4.38. The fraction of sp³-hybridized carbons (Fsp3) is 0.182. The minimum atomic E-state index is -0.681. The Labute approximate surface area is 83.0 Å². The van der Waals surface area contributed by atoms with E-state index >= 15 is 0 Å². The van der Waals surface area contributed by atoms with E-state index in [1.807, 2.05) is 30.3 Å². The molecule has 0 saturated carbocycles. The van der Waals surface area contributed by atoms with Gasteiger partial charge in [0.05, 0.1) is 12.9 Å². The van der Waals surface area contributed by atoms with Crippen molar-refractivity contribution in [3.05, 3.63) is 42.2 Å². The number of carbonyl (C=O) groups is 1. The van der Waals surface area contributed by atoms with Crippen LogP contribution in [0.5, 0.6) is 0 Å². The number of benzene rings is 1. The van der Waals surface area contributed by atoms with Crippen molar-refractivity contribution in [1.29, 1.82) is 0 Å². The van der Waals surface area contributed by atoms with E-state index in [0.717, 1.165) is 5.56 Å². The summed E-state index contributed by atoms with van der Waals surface area (Å²) in [6.45, 7) is 2.04. The number of ether oxygens (including phenoxy) is 2. The predicted octanol–water partition coefficient (Wildman–Crippen LogP) is 2.83. The molecule has 0 aliphatic rings. The quantitative estimate of drug-likeness (QED) is 0.545. The van der Waals surface area contributed by atoms with Gasteiger partial charge in [-0.1, -0.05) is 30.3 Å². The molecular weight excluding hydrogens is 180 g/mol. The van der Waals surface area contributed by atoms with Crippen molar-refractivity contribution in [1.82, 2.24) is 0 Å². The summed E-state index contributed by atoms with van der Waals surface area (Å²) in [5.41, 5.74) is 0.969. The first-order chi connectivity index (χ1) is 6.83. The van der Waals surface area contributed by atoms with E-state index in [1.54, 1.807) is 13.0 Å². The maximum Gasteiger partial charge on any atom is 0.513 e. The van der Waals surface area contributed by atoms with Crippen molar-refractivity contribution in [3.63, 3.8) is 0 Å². The Morgan fingerprint density at radius 3 is 2.71 bits per heavy atom. The summed E-state index contributed by atoms with van der Waals surface area (Å²) in [6.07, 6.45) is 2.32. The molecular formula is C11H12O3. The van der Waals surface area contributed by atoms with Crippen LogP contribution in [0, 0.1) is 0 Å². The van der Waals surface area contributed by atoms with Crippen LogP contribution in [0.4, 0.5) is 4.79 Å². The van der Waals surface area contributed by atoms with Crippen LogP contribution < -0.4 is 0 Å². The van der Waals surface area contributed by atoms with E-state index in [1.165, 1.54) is 6.26 Å². The Morgan fingerprint density at radius 2 is 2.07 bits per heavy atom. The largest absolute Gasteiger partial charge is 0.513 e. The van der Waals surface area contributed by atoms with Crippen LogP contribution in [0.25, 0.3) is 6.08 Å². The molecule has 0 aliphatic heterocycles. The molecule has 1 rings (SSSR count). The number of rotatable bonds is 3. The van der Waals surface area contributed by atoms with Crippen LogP contribution in [0.3, 0.4) is 0 Å². The van der Waals surface area contributed by atoms with Gasteiger partial charge in [-0.05, 0) is 18.6 Å². The minimum Gasteiger partial charge on any atom is -0.434 e. The van der Waals surface area contributed by atoms with Gasteiger partial charge in [0.2, 0.25) is 0 Å². The minimum absolute atomic E-state index is 0.317. The fourth-order valence-electron chi connectivity index (χ4n) is 0.884. The Morgan fingerprint density at radius 1 is 1.36 bits per heavy atom. The van der Waals surface area contributed by atoms with Crippen LogP contribution in [0.15, 0.2) is 36.6 Å². The molecule has 1 aromatic rings. The molecule has 0 aliphatic carbocycles. The molecule has 0 aromatic heterocycles. The molecule has 0 radical (unpaired) electrons. The summed E-state index contributed by atoms with van der Waals surface area (Å²) >= 11 is 0. The molecule has 0 saturated heterocycles. The van der Waals surface area contributed by atoms with E-state index in [0.29, 0.717) is 6.61 Å². The highest BCUT2D eigenvalue weighted by Crippen LogP contribution is 2.01. The molecule has 0 fully saturated rings. The molecule has 3 heteroatoms. The first-order valence-corrected chi connectivity index (χ1v) is 4.38. The van der Waals surface area contributed by atoms with E-state index in [9.17, 15) is 4.79 Å². The lowest BCUT2D eigenvalue weighted by Gasteiger charge is -1.97. The Bertz CT molecular complexity index is 304. The molecule has 1 aromatic carbocycles. The maximum atomic E-state index is 10.7. The SMILES string of the molecule is CCOC(=O)O/C=C/c1ccccc1. The lowest BCUT2D eigenvalue weighted by atomic mass is 10.2. The highest BCUT2D eigenvalue weighted by molar-refractivity contribution is 5.62. The zero-order valence-corrected chi connectivity index (χ0v) is 7.97. The van der Waals surface area contributed by atoms with Gasteiger partial charge < -0.3 is 9.47 Å². The van der Waals surface area contributed by atoms with Crippen molar-refractivity contribution in [2.45, 2.75) is 6.92 Å². The van der Waals surface area contributed by atoms with Crippen LogP contribution in [-0.2, 0) is 9.47 Å². The summed E-state index contributed by atoms with van der Waals surface area (Å²) in [5.74, 6) is 0. The van der Waals surface area contributed by atoms with Crippen LogP contribution in [-0.4, -0.2) is 12.8 Å². The van der Waals surface area contributed by atoms with Crippen LogP contribution in [0.2, 0.25) is 0 Å². The van der Waals surface area contributed by atoms with Gasteiger partial charge in [0, 0.05) is 0 Å². The average Bonchev–Trinajstić information content (AvgIpc) is 2.20. The highest BCUT2D eigenvalue weighted by atomic mass is 16.7. The summed E-state index contributed by atoms with van der Waals surface area (Å²) in [4.78, 5) is 10.7. The number of hydrogen-bond donors (Lipinski definition) is 0. The maximum absolute atomic E-state index is 10.7. The van der Waals surface area contributed by atoms with Crippen LogP contribution >= 0.6 is 0 Å². The van der Waals surface area contributed by atoms with Crippen molar-refractivity contribution in [3.8, 4) is 0 Å². The van der Waals surface area contributed by atoms with E-state index in [-0.39, 0.29) is 0 Å². The molecule has 0 N–H and O–H groups in total. The Kier molecular flexibility index (Phi) is 4.27. The normalized spacial score (nSPS) is 10.1. The van der Waals surface area contributed by atoms with Crippen molar-refractivity contribution < 1.29 is 14.3 Å². The third-order valence-electron chi connectivity index (χ3n) is 1.49. The number of carbonyl (C=O) groups excluding carboxylic acids is 1. The van der Waals surface area contributed by atoms with Gasteiger partial charge in [-0.15, -0.1) is 0 Å². The topological polar surface area (TPSA) is 35.5 Å². The lowest BCUT2D eigenvalue weighted by Crippen LogP contribution is -2.02. The van der Waals surface area contributed by atoms with E-state index < -0.39 is 6.16 Å². The lowest BCUT2D eigenvalue weighted by molar-refractivity contribution is 0.0899. The number of hydrogen-bond acceptors (Lipinski definition) is 3. The van der Waals surface area contributed by atoms with E-state index in [2.05, 4.69) is 9.47 Å². The fourth-order valence-corrected chi connectivity index (χ4v) is 0.884. The smallest absolute Gasteiger partial charge is 0.434 e. The second-order valence-corrected chi connectivity index (χ2v) is 2.51. The van der Waals surface area contributed by atoms with Gasteiger partial charge in [-0.2, -0.15) is 0 Å². The van der Waals surface area contributed by atoms with E-state index in [4.69, 9.17) is 0 Å². The van der Waals surface area contributed by atoms with Crippen molar-refractivity contribution >= 4 is 12.2 Å². The second kappa shape index (κ2) is 5.80. The van der Waals surface area contributed by atoms with Gasteiger partial charge in [-0.3, -0.25) is 0 Å². The van der Waals surface area contributed by atoms with Gasteiger partial charge >= 0.3 is 6.16 Å². The predicted molar refractivity (Wildman–Crippen MR) is 53.6 cm³/mol. The van der Waals surface area contributed by atoms with Crippen molar-refractivity contribution in [2.75, 3.05) is 6.61 Å². The van der Waals surface area contributed by atoms with Crippen LogP contribution in [0.1, 0.15) is 12.5 Å². The molecule has 74 valence electrons. The molecule has 3 nitrogen and oxygen atoms in total. The zero-order chi connectivity index (χ0) is 10.2. The standard InChI is InChI=1S/C11H12O3/c1-2-13-11(12)14-9-8-10-6-4-3-5-7-10/h3-9H,2H2,1H3/b9-8+. The Hall–Kier alpha value is -1.77. The summed E-state index contributed by atoms with van der Waals surface area (Å²) in [6, 6.07) is 9.55. The molecule has 0 heterocycles. The van der Waals surface area contributed by atoms with Gasteiger partial charge in [0.1, 0.15) is 0 Å². The third-order valence-corrected chi connectivity index (χ3v) is 1.49. The molecule has 0 unspecified atom stereocenters. The molecule has 0 bridgehead atoms. The highest BCUT2D eigenvalue weighted by Gasteiger charge is 1.96. The molecule has 0 amide bonds.